The van der Waals surface area contributed by atoms with Crippen LogP contribution in [0.1, 0.15) is 32.4 Å². The van der Waals surface area contributed by atoms with Gasteiger partial charge in [-0.25, -0.2) is 9.37 Å². The number of rotatable bonds is 8. The number of hydrogen-bond donors (Lipinski definition) is 0. The molecule has 0 aliphatic carbocycles. The van der Waals surface area contributed by atoms with Gasteiger partial charge < -0.3 is 9.64 Å². The van der Waals surface area contributed by atoms with E-state index in [0.29, 0.717) is 22.9 Å². The van der Waals surface area contributed by atoms with Crippen LogP contribution in [0.4, 0.5) is 4.39 Å². The topological polar surface area (TPSA) is 42.4 Å². The molecule has 4 nitrogen and oxygen atoms in total. The Morgan fingerprint density at radius 1 is 1.14 bits per heavy atom. The zero-order valence-corrected chi connectivity index (χ0v) is 16.8. The van der Waals surface area contributed by atoms with E-state index in [1.54, 1.807) is 17.0 Å². The number of carbonyl (C=O) groups is 1. The van der Waals surface area contributed by atoms with Crippen molar-refractivity contribution in [1.82, 2.24) is 9.88 Å². The summed E-state index contributed by atoms with van der Waals surface area (Å²) < 4.78 is 18.6. The first kappa shape index (κ1) is 20.0. The number of aromatic nitrogens is 1. The van der Waals surface area contributed by atoms with Gasteiger partial charge in [-0.3, -0.25) is 4.79 Å². The fourth-order valence-electron chi connectivity index (χ4n) is 2.83. The number of hydrogen-bond acceptors (Lipinski definition) is 4. The molecule has 1 amide bonds. The van der Waals surface area contributed by atoms with Crippen molar-refractivity contribution in [3.05, 3.63) is 81.6 Å². The summed E-state index contributed by atoms with van der Waals surface area (Å²) in [7, 11) is 1.82. The van der Waals surface area contributed by atoms with E-state index in [0.717, 1.165) is 17.8 Å². The first-order valence-corrected chi connectivity index (χ1v) is 9.98. The molecule has 1 aromatic heterocycles. The summed E-state index contributed by atoms with van der Waals surface area (Å²) in [4.78, 5) is 19.6. The minimum atomic E-state index is -0.305. The molecule has 0 aliphatic rings. The lowest BCUT2D eigenvalue weighted by atomic mass is 10.1. The molecule has 0 radical (unpaired) electrons. The van der Waals surface area contributed by atoms with Crippen molar-refractivity contribution in [2.75, 3.05) is 13.6 Å². The Morgan fingerprint density at radius 3 is 2.57 bits per heavy atom. The van der Waals surface area contributed by atoms with Gasteiger partial charge in [0, 0.05) is 13.6 Å². The van der Waals surface area contributed by atoms with E-state index in [2.05, 4.69) is 17.1 Å². The highest BCUT2D eigenvalue weighted by Crippen LogP contribution is 2.22. The molecule has 0 fully saturated rings. The average Bonchev–Trinajstić information content (AvgIpc) is 3.08. The van der Waals surface area contributed by atoms with Crippen LogP contribution in [0.25, 0.3) is 0 Å². The molecule has 2 aromatic carbocycles. The van der Waals surface area contributed by atoms with Gasteiger partial charge in [0.25, 0.3) is 5.91 Å². The molecule has 0 atom stereocenters. The maximum Gasteiger partial charge on any atom is 0.265 e. The molecule has 0 spiro atoms. The van der Waals surface area contributed by atoms with Crippen LogP contribution in [0.2, 0.25) is 0 Å². The van der Waals surface area contributed by atoms with Crippen molar-refractivity contribution in [2.45, 2.75) is 26.4 Å². The van der Waals surface area contributed by atoms with Crippen LogP contribution < -0.4 is 4.74 Å². The van der Waals surface area contributed by atoms with Gasteiger partial charge in [0.1, 0.15) is 28.1 Å². The van der Waals surface area contributed by atoms with E-state index in [4.69, 9.17) is 4.74 Å². The standard InChI is InChI=1S/C22H23FN2O2S/c1-16-21(22(26)25(2)14-6-9-17-7-4-3-5-8-17)28-20(24-16)15-27-19-12-10-18(23)11-13-19/h3-5,7-8,10-13H,6,9,14-15H2,1-2H3. The van der Waals surface area contributed by atoms with E-state index < -0.39 is 0 Å². The van der Waals surface area contributed by atoms with Crippen LogP contribution in [-0.4, -0.2) is 29.4 Å². The number of carbonyl (C=O) groups excluding carboxylic acids is 1. The lowest BCUT2D eigenvalue weighted by Gasteiger charge is -2.16. The zero-order chi connectivity index (χ0) is 19.9. The monoisotopic (exact) mass is 398 g/mol. The maximum absolute atomic E-state index is 12.9. The SMILES string of the molecule is Cc1nc(COc2ccc(F)cc2)sc1C(=O)N(C)CCCc1ccccc1. The molecular weight excluding hydrogens is 375 g/mol. The number of amides is 1. The first-order valence-electron chi connectivity index (χ1n) is 9.17. The number of benzene rings is 2. The molecule has 3 rings (SSSR count). The van der Waals surface area contributed by atoms with Gasteiger partial charge in [-0.2, -0.15) is 0 Å². The highest BCUT2D eigenvalue weighted by atomic mass is 32.1. The Balaban J connectivity index is 1.53. The molecule has 1 heterocycles. The average molecular weight is 399 g/mol. The van der Waals surface area contributed by atoms with E-state index in [-0.39, 0.29) is 18.3 Å². The summed E-state index contributed by atoms with van der Waals surface area (Å²) in [6.45, 7) is 2.78. The number of halogens is 1. The van der Waals surface area contributed by atoms with Crippen molar-refractivity contribution < 1.29 is 13.9 Å². The van der Waals surface area contributed by atoms with Crippen molar-refractivity contribution in [3.63, 3.8) is 0 Å². The number of thiazole rings is 1. The quantitative estimate of drug-likeness (QED) is 0.543. The van der Waals surface area contributed by atoms with Gasteiger partial charge in [0.2, 0.25) is 0 Å². The van der Waals surface area contributed by atoms with E-state index in [9.17, 15) is 9.18 Å². The Morgan fingerprint density at radius 2 is 1.86 bits per heavy atom. The maximum atomic E-state index is 12.9. The highest BCUT2D eigenvalue weighted by Gasteiger charge is 2.19. The van der Waals surface area contributed by atoms with E-state index in [1.165, 1.54) is 29.0 Å². The fraction of sp³-hybridized carbons (Fsp3) is 0.273. The molecule has 28 heavy (non-hydrogen) atoms. The smallest absolute Gasteiger partial charge is 0.265 e. The molecular formula is C22H23FN2O2S. The van der Waals surface area contributed by atoms with Crippen LogP contribution in [-0.2, 0) is 13.0 Å². The predicted molar refractivity (Wildman–Crippen MR) is 109 cm³/mol. The normalized spacial score (nSPS) is 10.7. The minimum absolute atomic E-state index is 0.0175. The second-order valence-electron chi connectivity index (χ2n) is 6.58. The summed E-state index contributed by atoms with van der Waals surface area (Å²) in [5.74, 6) is 0.247. The molecule has 0 unspecified atom stereocenters. The first-order chi connectivity index (χ1) is 13.5. The summed E-state index contributed by atoms with van der Waals surface area (Å²) >= 11 is 1.35. The lowest BCUT2D eigenvalue weighted by molar-refractivity contribution is 0.0797. The van der Waals surface area contributed by atoms with Gasteiger partial charge in [0.15, 0.2) is 0 Å². The molecule has 0 N–H and O–H groups in total. The number of aryl methyl sites for hydroxylation is 2. The highest BCUT2D eigenvalue weighted by molar-refractivity contribution is 7.13. The predicted octanol–water partition coefficient (Wildman–Crippen LogP) is 4.87. The van der Waals surface area contributed by atoms with Gasteiger partial charge in [0.05, 0.1) is 5.69 Å². The number of nitrogens with zero attached hydrogens (tertiary/aromatic N) is 2. The van der Waals surface area contributed by atoms with Gasteiger partial charge in [-0.1, -0.05) is 30.3 Å². The summed E-state index contributed by atoms with van der Waals surface area (Å²) in [6, 6.07) is 16.1. The lowest BCUT2D eigenvalue weighted by Crippen LogP contribution is -2.27. The summed E-state index contributed by atoms with van der Waals surface area (Å²) in [6.07, 6.45) is 1.85. The van der Waals surface area contributed by atoms with Crippen molar-refractivity contribution in [2.24, 2.45) is 0 Å². The van der Waals surface area contributed by atoms with Crippen molar-refractivity contribution >= 4 is 17.2 Å². The minimum Gasteiger partial charge on any atom is -0.486 e. The molecule has 0 saturated carbocycles. The van der Waals surface area contributed by atoms with Crippen LogP contribution in [0, 0.1) is 12.7 Å². The molecule has 6 heteroatoms. The van der Waals surface area contributed by atoms with Crippen LogP contribution in [0.3, 0.4) is 0 Å². The molecule has 0 bridgehead atoms. The van der Waals surface area contributed by atoms with Crippen molar-refractivity contribution in [3.8, 4) is 5.75 Å². The third kappa shape index (κ3) is 5.39. The molecule has 3 aromatic rings. The Kier molecular flexibility index (Phi) is 6.76. The van der Waals surface area contributed by atoms with Crippen LogP contribution >= 0.6 is 11.3 Å². The Hall–Kier alpha value is -2.73. The van der Waals surface area contributed by atoms with Crippen LogP contribution in [0.5, 0.6) is 5.75 Å². The van der Waals surface area contributed by atoms with Gasteiger partial charge in [-0.05, 0) is 49.6 Å². The zero-order valence-electron chi connectivity index (χ0n) is 16.0. The third-order valence-corrected chi connectivity index (χ3v) is 5.48. The molecule has 0 aliphatic heterocycles. The largest absolute Gasteiger partial charge is 0.486 e. The Labute approximate surface area is 168 Å². The van der Waals surface area contributed by atoms with Crippen LogP contribution in [0.15, 0.2) is 54.6 Å². The second-order valence-corrected chi connectivity index (χ2v) is 7.66. The molecule has 146 valence electrons. The van der Waals surface area contributed by atoms with Gasteiger partial charge >= 0.3 is 0 Å². The summed E-state index contributed by atoms with van der Waals surface area (Å²) in [5.41, 5.74) is 1.99. The Bertz CT molecular complexity index is 910. The van der Waals surface area contributed by atoms with E-state index >= 15 is 0 Å². The van der Waals surface area contributed by atoms with Gasteiger partial charge in [-0.15, -0.1) is 11.3 Å². The molecule has 0 saturated heterocycles. The summed E-state index contributed by atoms with van der Waals surface area (Å²) in [5, 5.41) is 0.725. The van der Waals surface area contributed by atoms with E-state index in [1.807, 2.05) is 32.2 Å². The number of ether oxygens (including phenoxy) is 1. The third-order valence-electron chi connectivity index (χ3n) is 4.36. The second kappa shape index (κ2) is 9.46. The van der Waals surface area contributed by atoms with Crippen molar-refractivity contribution in [1.29, 1.82) is 0 Å². The fourth-order valence-corrected chi connectivity index (χ4v) is 3.80.